The lowest BCUT2D eigenvalue weighted by molar-refractivity contribution is 0.0948. The quantitative estimate of drug-likeness (QED) is 0.363. The second-order valence-corrected chi connectivity index (χ2v) is 9.74. The van der Waals surface area contributed by atoms with Crippen molar-refractivity contribution in [2.75, 3.05) is 13.7 Å². The van der Waals surface area contributed by atoms with Crippen LogP contribution in [0.25, 0.3) is 20.7 Å². The first-order chi connectivity index (χ1) is 16.4. The van der Waals surface area contributed by atoms with Gasteiger partial charge < -0.3 is 14.0 Å². The van der Waals surface area contributed by atoms with Crippen molar-refractivity contribution in [3.8, 4) is 16.2 Å². The highest BCUT2D eigenvalue weighted by Crippen LogP contribution is 2.31. The number of hydrogen-bond acceptors (Lipinski definition) is 6. The number of Topliss-reactive ketones (excluding diaryl/α,β-unsaturated/α-hetero) is 1. The molecule has 0 saturated carbocycles. The summed E-state index contributed by atoms with van der Waals surface area (Å²) >= 11 is 1.39. The lowest BCUT2D eigenvalue weighted by Gasteiger charge is -2.14. The molecule has 4 heterocycles. The highest BCUT2D eigenvalue weighted by Gasteiger charge is 2.22. The summed E-state index contributed by atoms with van der Waals surface area (Å²) in [5.74, 6) is 0.681. The number of aromatic nitrogens is 3. The van der Waals surface area contributed by atoms with Crippen LogP contribution in [0, 0.1) is 13.8 Å². The third-order valence-corrected chi connectivity index (χ3v) is 7.64. The minimum Gasteiger partial charge on any atom is -0.497 e. The first-order valence-corrected chi connectivity index (χ1v) is 12.2. The van der Waals surface area contributed by atoms with Crippen molar-refractivity contribution in [3.05, 3.63) is 70.0 Å². The van der Waals surface area contributed by atoms with Crippen LogP contribution in [0.2, 0.25) is 0 Å². The monoisotopic (exact) mass is 477 g/mol. The molecule has 4 aromatic rings. The van der Waals surface area contributed by atoms with Crippen LogP contribution in [0.5, 0.6) is 5.75 Å². The van der Waals surface area contributed by atoms with E-state index in [2.05, 4.69) is 9.55 Å². The van der Waals surface area contributed by atoms with Crippen LogP contribution in [0.4, 0.5) is 0 Å². The largest absolute Gasteiger partial charge is 0.497 e. The van der Waals surface area contributed by atoms with Gasteiger partial charge in [-0.25, -0.2) is 4.98 Å². The number of methoxy groups -OCH3 is 1. The lowest BCUT2D eigenvalue weighted by atomic mass is 10.1. The highest BCUT2D eigenvalue weighted by molar-refractivity contribution is 7.22. The van der Waals surface area contributed by atoms with E-state index in [9.17, 15) is 9.59 Å². The van der Waals surface area contributed by atoms with Crippen molar-refractivity contribution in [2.45, 2.75) is 45.9 Å². The number of nitrogens with zero attached hydrogens (tertiary/aromatic N) is 3. The molecular formula is C26H27N3O4S. The standard InChI is InChI=1S/C26H27N3O4S/c1-16-11-21(17(2)29(16)13-20-5-4-10-33-20)23(30)14-28-15-27-22-12-24(34-25(22)26(28)31)18-6-8-19(32-3)9-7-18/h6-9,11-12,15,20H,4-5,10,13-14H2,1-3H3/t20-/m0/s1. The van der Waals surface area contributed by atoms with Gasteiger partial charge in [-0.05, 0) is 68.7 Å². The average Bonchev–Trinajstić information content (AvgIpc) is 3.58. The molecule has 3 aromatic heterocycles. The maximum Gasteiger partial charge on any atom is 0.271 e. The van der Waals surface area contributed by atoms with E-state index in [4.69, 9.17) is 9.47 Å². The summed E-state index contributed by atoms with van der Waals surface area (Å²) < 4.78 is 15.1. The van der Waals surface area contributed by atoms with Gasteiger partial charge in [-0.1, -0.05) is 0 Å². The third kappa shape index (κ3) is 4.19. The summed E-state index contributed by atoms with van der Waals surface area (Å²) in [4.78, 5) is 31.7. The Morgan fingerprint density at radius 3 is 2.74 bits per heavy atom. The fourth-order valence-corrected chi connectivity index (χ4v) is 5.62. The zero-order valence-electron chi connectivity index (χ0n) is 19.5. The Hall–Kier alpha value is -3.23. The molecule has 1 aromatic carbocycles. The molecule has 7 nitrogen and oxygen atoms in total. The van der Waals surface area contributed by atoms with E-state index >= 15 is 0 Å². The fraction of sp³-hybridized carbons (Fsp3) is 0.346. The average molecular weight is 478 g/mol. The van der Waals surface area contributed by atoms with Crippen molar-refractivity contribution in [1.82, 2.24) is 14.1 Å². The normalized spacial score (nSPS) is 15.8. The second-order valence-electron chi connectivity index (χ2n) is 8.68. The number of thiophene rings is 1. The number of benzene rings is 1. The Kier molecular flexibility index (Phi) is 6.10. The van der Waals surface area contributed by atoms with E-state index in [1.165, 1.54) is 22.2 Å². The van der Waals surface area contributed by atoms with E-state index in [0.29, 0.717) is 15.8 Å². The summed E-state index contributed by atoms with van der Waals surface area (Å²) in [6.45, 7) is 5.48. The molecule has 1 atom stereocenters. The zero-order chi connectivity index (χ0) is 23.8. The molecule has 0 amide bonds. The van der Waals surface area contributed by atoms with Crippen molar-refractivity contribution in [1.29, 1.82) is 0 Å². The zero-order valence-corrected chi connectivity index (χ0v) is 20.4. The summed E-state index contributed by atoms with van der Waals surface area (Å²) in [5, 5.41) is 0. The molecule has 176 valence electrons. The van der Waals surface area contributed by atoms with Gasteiger partial charge in [-0.3, -0.25) is 14.2 Å². The molecule has 1 saturated heterocycles. The van der Waals surface area contributed by atoms with Gasteiger partial charge in [0.25, 0.3) is 5.56 Å². The topological polar surface area (TPSA) is 75.3 Å². The van der Waals surface area contributed by atoms with Gasteiger partial charge in [0.05, 0.1) is 31.6 Å². The van der Waals surface area contributed by atoms with Crippen LogP contribution < -0.4 is 10.3 Å². The van der Waals surface area contributed by atoms with Gasteiger partial charge in [-0.2, -0.15) is 0 Å². The molecule has 5 rings (SSSR count). The first kappa shape index (κ1) is 22.6. The number of hydrogen-bond donors (Lipinski definition) is 0. The molecule has 1 aliphatic heterocycles. The fourth-order valence-electron chi connectivity index (χ4n) is 4.55. The summed E-state index contributed by atoms with van der Waals surface area (Å²) in [7, 11) is 1.63. The Morgan fingerprint density at radius 1 is 1.24 bits per heavy atom. The Balaban J connectivity index is 1.40. The predicted octanol–water partition coefficient (Wildman–Crippen LogP) is 4.61. The van der Waals surface area contributed by atoms with E-state index in [0.717, 1.165) is 53.6 Å². The van der Waals surface area contributed by atoms with Gasteiger partial charge in [-0.15, -0.1) is 11.3 Å². The Labute approximate surface area is 201 Å². The van der Waals surface area contributed by atoms with Crippen molar-refractivity contribution in [2.24, 2.45) is 0 Å². The Morgan fingerprint density at radius 2 is 2.03 bits per heavy atom. The van der Waals surface area contributed by atoms with Gasteiger partial charge in [0, 0.05) is 35.0 Å². The number of ether oxygens (including phenoxy) is 2. The molecule has 0 unspecified atom stereocenters. The molecule has 0 N–H and O–H groups in total. The molecule has 0 spiro atoms. The molecule has 0 radical (unpaired) electrons. The van der Waals surface area contributed by atoms with Gasteiger partial charge in [0.15, 0.2) is 5.78 Å². The minimum absolute atomic E-state index is 0.0399. The SMILES string of the molecule is COc1ccc(-c2cc3ncn(CC(=O)c4cc(C)n(C[C@@H]5CCCO5)c4C)c(=O)c3s2)cc1. The van der Waals surface area contributed by atoms with Crippen LogP contribution in [-0.2, 0) is 17.8 Å². The first-order valence-electron chi connectivity index (χ1n) is 11.4. The van der Waals surface area contributed by atoms with Crippen molar-refractivity contribution < 1.29 is 14.3 Å². The number of carbonyl (C=O) groups excluding carboxylic acids is 1. The smallest absolute Gasteiger partial charge is 0.271 e. The molecular weight excluding hydrogens is 450 g/mol. The van der Waals surface area contributed by atoms with Crippen LogP contribution >= 0.6 is 11.3 Å². The molecule has 8 heteroatoms. The minimum atomic E-state index is -0.198. The highest BCUT2D eigenvalue weighted by atomic mass is 32.1. The summed E-state index contributed by atoms with van der Waals surface area (Å²) in [6.07, 6.45) is 3.79. The molecule has 1 aliphatic rings. The lowest BCUT2D eigenvalue weighted by Crippen LogP contribution is -2.24. The second kappa shape index (κ2) is 9.19. The molecule has 34 heavy (non-hydrogen) atoms. The van der Waals surface area contributed by atoms with Crippen LogP contribution in [0.1, 0.15) is 34.6 Å². The number of rotatable bonds is 7. The van der Waals surface area contributed by atoms with Crippen LogP contribution in [-0.4, -0.2) is 39.7 Å². The summed E-state index contributed by atoms with van der Waals surface area (Å²) in [5.41, 5.74) is 4.02. The maximum atomic E-state index is 13.2. The van der Waals surface area contributed by atoms with Gasteiger partial charge in [0.1, 0.15) is 10.4 Å². The number of carbonyl (C=O) groups is 1. The van der Waals surface area contributed by atoms with Crippen molar-refractivity contribution in [3.63, 3.8) is 0 Å². The van der Waals surface area contributed by atoms with Crippen LogP contribution in [0.15, 0.2) is 47.5 Å². The van der Waals surface area contributed by atoms with E-state index in [1.807, 2.05) is 50.2 Å². The van der Waals surface area contributed by atoms with E-state index in [1.54, 1.807) is 7.11 Å². The third-order valence-electron chi connectivity index (χ3n) is 6.48. The van der Waals surface area contributed by atoms with E-state index < -0.39 is 0 Å². The predicted molar refractivity (Wildman–Crippen MR) is 133 cm³/mol. The number of ketones is 1. The number of aryl methyl sites for hydroxylation is 1. The summed E-state index contributed by atoms with van der Waals surface area (Å²) in [6, 6.07) is 11.5. The Bertz CT molecular complexity index is 1410. The molecule has 0 bridgehead atoms. The number of fused-ring (bicyclic) bond motifs is 1. The maximum absolute atomic E-state index is 13.2. The van der Waals surface area contributed by atoms with Gasteiger partial charge in [0.2, 0.25) is 0 Å². The van der Waals surface area contributed by atoms with Gasteiger partial charge >= 0.3 is 0 Å². The molecule has 0 aliphatic carbocycles. The molecule has 1 fully saturated rings. The van der Waals surface area contributed by atoms with Crippen LogP contribution in [0.3, 0.4) is 0 Å². The van der Waals surface area contributed by atoms with Crippen molar-refractivity contribution >= 4 is 27.3 Å². The van der Waals surface area contributed by atoms with E-state index in [-0.39, 0.29) is 24.0 Å².